The first-order chi connectivity index (χ1) is 10.9. The van der Waals surface area contributed by atoms with E-state index in [1.165, 1.54) is 18.4 Å². The highest BCUT2D eigenvalue weighted by Crippen LogP contribution is 2.33. The maximum atomic E-state index is 12.8. The summed E-state index contributed by atoms with van der Waals surface area (Å²) in [5, 5.41) is 0. The van der Waals surface area contributed by atoms with Gasteiger partial charge >= 0.3 is 0 Å². The molecule has 1 saturated heterocycles. The van der Waals surface area contributed by atoms with Crippen molar-refractivity contribution >= 4 is 5.91 Å². The van der Waals surface area contributed by atoms with Crippen LogP contribution in [0.4, 0.5) is 0 Å². The number of carbonyl (C=O) groups is 1. The number of benzene rings is 1. The molecule has 0 N–H and O–H groups in total. The molecule has 1 amide bonds. The fraction of sp³-hybridized carbons (Fsp3) is 0.650. The molecule has 1 aromatic rings. The highest BCUT2D eigenvalue weighted by molar-refractivity contribution is 5.82. The third kappa shape index (κ3) is 4.14. The van der Waals surface area contributed by atoms with Crippen LogP contribution in [0.1, 0.15) is 45.6 Å². The summed E-state index contributed by atoms with van der Waals surface area (Å²) in [5.74, 6) is 1.01. The van der Waals surface area contributed by atoms with Crippen molar-refractivity contribution in [3.63, 3.8) is 0 Å². The number of hydrogen-bond acceptors (Lipinski definition) is 2. The molecule has 0 spiro atoms. The Balaban J connectivity index is 1.73. The predicted octanol–water partition coefficient (Wildman–Crippen LogP) is 3.67. The van der Waals surface area contributed by atoms with Crippen LogP contribution in [0.3, 0.4) is 0 Å². The Morgan fingerprint density at radius 3 is 2.48 bits per heavy atom. The molecule has 2 atom stereocenters. The van der Waals surface area contributed by atoms with Gasteiger partial charge in [0.05, 0.1) is 12.1 Å². The van der Waals surface area contributed by atoms with Gasteiger partial charge in [0.2, 0.25) is 5.91 Å². The summed E-state index contributed by atoms with van der Waals surface area (Å²) in [6.07, 6.45) is 4.65. The molecular weight excluding hydrogens is 286 g/mol. The van der Waals surface area contributed by atoms with Gasteiger partial charge in [-0.1, -0.05) is 51.1 Å². The SMILES string of the molecule is CC(C)(C)C(=O)N1CC[C@@H](OCC2CC2)[C@@H]1Cc1ccccc1. The van der Waals surface area contributed by atoms with Crippen molar-refractivity contribution in [3.05, 3.63) is 35.9 Å². The smallest absolute Gasteiger partial charge is 0.228 e. The molecule has 1 heterocycles. The Morgan fingerprint density at radius 2 is 1.87 bits per heavy atom. The molecular formula is C20H29NO2. The lowest BCUT2D eigenvalue weighted by molar-refractivity contribution is -0.141. The van der Waals surface area contributed by atoms with Crippen molar-refractivity contribution in [1.82, 2.24) is 4.90 Å². The Morgan fingerprint density at radius 1 is 1.17 bits per heavy atom. The van der Waals surface area contributed by atoms with Gasteiger partial charge in [0, 0.05) is 18.6 Å². The highest BCUT2D eigenvalue weighted by Gasteiger charge is 2.41. The van der Waals surface area contributed by atoms with E-state index in [-0.39, 0.29) is 23.5 Å². The first kappa shape index (κ1) is 16.5. The third-order valence-corrected chi connectivity index (χ3v) is 4.92. The van der Waals surface area contributed by atoms with Crippen molar-refractivity contribution in [2.24, 2.45) is 11.3 Å². The Bertz CT molecular complexity index is 530. The molecule has 23 heavy (non-hydrogen) atoms. The quantitative estimate of drug-likeness (QED) is 0.829. The van der Waals surface area contributed by atoms with Crippen LogP contribution in [0.2, 0.25) is 0 Å². The van der Waals surface area contributed by atoms with Crippen molar-refractivity contribution in [1.29, 1.82) is 0 Å². The summed E-state index contributed by atoms with van der Waals surface area (Å²) in [6.45, 7) is 7.71. The zero-order chi connectivity index (χ0) is 16.4. The molecule has 2 fully saturated rings. The molecule has 3 nitrogen and oxygen atoms in total. The van der Waals surface area contributed by atoms with Crippen molar-refractivity contribution < 1.29 is 9.53 Å². The van der Waals surface area contributed by atoms with Crippen LogP contribution >= 0.6 is 0 Å². The van der Waals surface area contributed by atoms with E-state index in [1.807, 2.05) is 26.8 Å². The van der Waals surface area contributed by atoms with Gasteiger partial charge in [-0.25, -0.2) is 0 Å². The summed E-state index contributed by atoms with van der Waals surface area (Å²) in [4.78, 5) is 14.9. The highest BCUT2D eigenvalue weighted by atomic mass is 16.5. The monoisotopic (exact) mass is 315 g/mol. The van der Waals surface area contributed by atoms with Gasteiger partial charge in [0.25, 0.3) is 0 Å². The summed E-state index contributed by atoms with van der Waals surface area (Å²) in [6, 6.07) is 10.6. The molecule has 0 bridgehead atoms. The number of likely N-dealkylation sites (tertiary alicyclic amines) is 1. The zero-order valence-electron chi connectivity index (χ0n) is 14.6. The fourth-order valence-electron chi connectivity index (χ4n) is 3.34. The number of ether oxygens (including phenoxy) is 1. The van der Waals surface area contributed by atoms with Gasteiger partial charge < -0.3 is 9.64 Å². The summed E-state index contributed by atoms with van der Waals surface area (Å²) >= 11 is 0. The molecule has 1 aliphatic heterocycles. The van der Waals surface area contributed by atoms with Gasteiger partial charge in [-0.15, -0.1) is 0 Å². The van der Waals surface area contributed by atoms with Crippen molar-refractivity contribution in [3.8, 4) is 0 Å². The van der Waals surface area contributed by atoms with Crippen LogP contribution in [0.15, 0.2) is 30.3 Å². The topological polar surface area (TPSA) is 29.5 Å². The summed E-state index contributed by atoms with van der Waals surface area (Å²) in [7, 11) is 0. The second-order valence-electron chi connectivity index (χ2n) is 8.11. The maximum absolute atomic E-state index is 12.8. The second-order valence-corrected chi connectivity index (χ2v) is 8.11. The van der Waals surface area contributed by atoms with Crippen LogP contribution in [0.25, 0.3) is 0 Å². The van der Waals surface area contributed by atoms with Gasteiger partial charge in [0.15, 0.2) is 0 Å². The van der Waals surface area contributed by atoms with E-state index in [1.54, 1.807) is 0 Å². The molecule has 2 aliphatic rings. The number of nitrogens with zero attached hydrogens (tertiary/aromatic N) is 1. The summed E-state index contributed by atoms with van der Waals surface area (Å²) in [5.41, 5.74) is 0.950. The van der Waals surface area contributed by atoms with Crippen LogP contribution in [0, 0.1) is 11.3 Å². The Kier molecular flexibility index (Phi) is 4.77. The van der Waals surface area contributed by atoms with Gasteiger partial charge in [-0.05, 0) is 37.2 Å². The minimum atomic E-state index is -0.333. The molecule has 3 heteroatoms. The van der Waals surface area contributed by atoms with Gasteiger partial charge in [-0.3, -0.25) is 4.79 Å². The van der Waals surface area contributed by atoms with Crippen LogP contribution in [0.5, 0.6) is 0 Å². The van der Waals surface area contributed by atoms with Crippen LogP contribution in [-0.2, 0) is 16.0 Å². The molecule has 3 rings (SSSR count). The predicted molar refractivity (Wildman–Crippen MR) is 92.2 cm³/mol. The standard InChI is InChI=1S/C20H29NO2/c1-20(2,3)19(22)21-12-11-18(23-14-16-9-10-16)17(21)13-15-7-5-4-6-8-15/h4-8,16-18H,9-14H2,1-3H3/t17-,18+/m0/s1. The van der Waals surface area contributed by atoms with E-state index in [4.69, 9.17) is 4.74 Å². The average Bonchev–Trinajstić information content (AvgIpc) is 3.26. The molecule has 1 aliphatic carbocycles. The van der Waals surface area contributed by atoms with E-state index >= 15 is 0 Å². The molecule has 0 radical (unpaired) electrons. The van der Waals surface area contributed by atoms with Crippen molar-refractivity contribution in [2.45, 2.75) is 58.6 Å². The maximum Gasteiger partial charge on any atom is 0.228 e. The minimum Gasteiger partial charge on any atom is -0.376 e. The molecule has 0 unspecified atom stereocenters. The van der Waals surface area contributed by atoms with E-state index in [2.05, 4.69) is 29.2 Å². The molecule has 126 valence electrons. The van der Waals surface area contributed by atoms with E-state index < -0.39 is 0 Å². The molecule has 0 aromatic heterocycles. The number of carbonyl (C=O) groups excluding carboxylic acids is 1. The Labute approximate surface area is 140 Å². The minimum absolute atomic E-state index is 0.169. The van der Waals surface area contributed by atoms with E-state index in [0.717, 1.165) is 31.9 Å². The zero-order valence-corrected chi connectivity index (χ0v) is 14.6. The van der Waals surface area contributed by atoms with E-state index in [0.29, 0.717) is 0 Å². The normalized spacial score (nSPS) is 24.9. The lowest BCUT2D eigenvalue weighted by atomic mass is 9.93. The number of hydrogen-bond donors (Lipinski definition) is 0. The van der Waals surface area contributed by atoms with Gasteiger partial charge in [0.1, 0.15) is 0 Å². The lowest BCUT2D eigenvalue weighted by Crippen LogP contribution is -2.46. The first-order valence-electron chi connectivity index (χ1n) is 8.92. The molecule has 1 saturated carbocycles. The van der Waals surface area contributed by atoms with E-state index in [9.17, 15) is 4.79 Å². The number of amides is 1. The second kappa shape index (κ2) is 6.64. The number of rotatable bonds is 5. The lowest BCUT2D eigenvalue weighted by Gasteiger charge is -2.33. The average molecular weight is 315 g/mol. The molecule has 1 aromatic carbocycles. The van der Waals surface area contributed by atoms with Crippen LogP contribution < -0.4 is 0 Å². The van der Waals surface area contributed by atoms with Gasteiger partial charge in [-0.2, -0.15) is 0 Å². The van der Waals surface area contributed by atoms with Crippen LogP contribution in [-0.4, -0.2) is 36.1 Å². The summed E-state index contributed by atoms with van der Waals surface area (Å²) < 4.78 is 6.21. The first-order valence-corrected chi connectivity index (χ1v) is 8.92. The fourth-order valence-corrected chi connectivity index (χ4v) is 3.34. The van der Waals surface area contributed by atoms with Crippen molar-refractivity contribution in [2.75, 3.05) is 13.2 Å². The largest absolute Gasteiger partial charge is 0.376 e. The Hall–Kier alpha value is -1.35. The third-order valence-electron chi connectivity index (χ3n) is 4.92.